The molecule has 0 aliphatic heterocycles. The Labute approximate surface area is 124 Å². The van der Waals surface area contributed by atoms with Gasteiger partial charge in [0.25, 0.3) is 0 Å². The molecular formula is C17H20F2N2. The van der Waals surface area contributed by atoms with Crippen molar-refractivity contribution < 1.29 is 8.78 Å². The molecule has 0 saturated heterocycles. The number of hydrogen-bond donors (Lipinski definition) is 1. The maximum Gasteiger partial charge on any atom is 0.126 e. The minimum Gasteiger partial charge on any atom is -0.379 e. The van der Waals surface area contributed by atoms with Crippen LogP contribution in [0.1, 0.15) is 24.1 Å². The molecule has 0 aliphatic carbocycles. The van der Waals surface area contributed by atoms with Crippen LogP contribution in [-0.4, -0.2) is 19.0 Å². The summed E-state index contributed by atoms with van der Waals surface area (Å²) < 4.78 is 26.5. The number of nitrogens with one attached hydrogen (secondary N) is 1. The summed E-state index contributed by atoms with van der Waals surface area (Å²) in [5.41, 5.74) is 2.73. The molecule has 0 heterocycles. The van der Waals surface area contributed by atoms with Crippen molar-refractivity contribution in [2.75, 3.05) is 19.4 Å². The number of anilines is 1. The van der Waals surface area contributed by atoms with Crippen LogP contribution in [0, 0.1) is 11.6 Å². The van der Waals surface area contributed by atoms with E-state index in [1.165, 1.54) is 17.7 Å². The van der Waals surface area contributed by atoms with Crippen molar-refractivity contribution in [3.8, 4) is 0 Å². The Morgan fingerprint density at radius 3 is 2.10 bits per heavy atom. The SMILES string of the molecule is CC(Nc1ccc(CN(C)C)cc1)c1cc(F)cc(F)c1. The van der Waals surface area contributed by atoms with Crippen LogP contribution in [0.3, 0.4) is 0 Å². The van der Waals surface area contributed by atoms with Gasteiger partial charge in [-0.05, 0) is 56.4 Å². The van der Waals surface area contributed by atoms with Crippen LogP contribution in [0.4, 0.5) is 14.5 Å². The standard InChI is InChI=1S/C17H20F2N2/c1-12(14-8-15(18)10-16(19)9-14)20-17-6-4-13(5-7-17)11-21(2)3/h4-10,12,20H,11H2,1-3H3. The van der Waals surface area contributed by atoms with Crippen LogP contribution in [0.2, 0.25) is 0 Å². The smallest absolute Gasteiger partial charge is 0.126 e. The van der Waals surface area contributed by atoms with E-state index in [2.05, 4.69) is 10.2 Å². The van der Waals surface area contributed by atoms with Crippen LogP contribution in [0.15, 0.2) is 42.5 Å². The molecule has 0 spiro atoms. The molecule has 0 radical (unpaired) electrons. The molecule has 21 heavy (non-hydrogen) atoms. The highest BCUT2D eigenvalue weighted by Gasteiger charge is 2.08. The normalized spacial score (nSPS) is 12.5. The van der Waals surface area contributed by atoms with Crippen LogP contribution >= 0.6 is 0 Å². The maximum absolute atomic E-state index is 13.2. The van der Waals surface area contributed by atoms with E-state index >= 15 is 0 Å². The van der Waals surface area contributed by atoms with E-state index in [1.54, 1.807) is 0 Å². The number of hydrogen-bond acceptors (Lipinski definition) is 2. The fourth-order valence-corrected chi connectivity index (χ4v) is 2.23. The first kappa shape index (κ1) is 15.4. The van der Waals surface area contributed by atoms with E-state index in [4.69, 9.17) is 0 Å². The molecule has 0 amide bonds. The van der Waals surface area contributed by atoms with Gasteiger partial charge >= 0.3 is 0 Å². The van der Waals surface area contributed by atoms with Gasteiger partial charge in [-0.15, -0.1) is 0 Å². The highest BCUT2D eigenvalue weighted by molar-refractivity contribution is 5.46. The van der Waals surface area contributed by atoms with Gasteiger partial charge in [-0.1, -0.05) is 12.1 Å². The molecule has 1 N–H and O–H groups in total. The Morgan fingerprint density at radius 1 is 1.00 bits per heavy atom. The van der Waals surface area contributed by atoms with Crippen molar-refractivity contribution in [3.63, 3.8) is 0 Å². The molecule has 0 saturated carbocycles. The summed E-state index contributed by atoms with van der Waals surface area (Å²) in [5.74, 6) is -1.11. The summed E-state index contributed by atoms with van der Waals surface area (Å²) >= 11 is 0. The van der Waals surface area contributed by atoms with Crippen molar-refractivity contribution in [2.24, 2.45) is 0 Å². The van der Waals surface area contributed by atoms with Gasteiger partial charge in [0.15, 0.2) is 0 Å². The third-order valence-corrected chi connectivity index (χ3v) is 3.22. The lowest BCUT2D eigenvalue weighted by Gasteiger charge is -2.17. The fraction of sp³-hybridized carbons (Fsp3) is 0.294. The first-order chi connectivity index (χ1) is 9.94. The Morgan fingerprint density at radius 2 is 1.57 bits per heavy atom. The van der Waals surface area contributed by atoms with E-state index in [1.807, 2.05) is 45.3 Å². The van der Waals surface area contributed by atoms with Gasteiger partial charge in [0.1, 0.15) is 11.6 Å². The lowest BCUT2D eigenvalue weighted by Crippen LogP contribution is -2.11. The first-order valence-corrected chi connectivity index (χ1v) is 6.90. The van der Waals surface area contributed by atoms with Crippen molar-refractivity contribution >= 4 is 5.69 Å². The topological polar surface area (TPSA) is 15.3 Å². The van der Waals surface area contributed by atoms with Crippen LogP contribution in [-0.2, 0) is 6.54 Å². The largest absolute Gasteiger partial charge is 0.379 e. The lowest BCUT2D eigenvalue weighted by molar-refractivity contribution is 0.402. The van der Waals surface area contributed by atoms with Gasteiger partial charge in [0.2, 0.25) is 0 Å². The molecule has 4 heteroatoms. The Kier molecular flexibility index (Phi) is 4.91. The Bertz CT molecular complexity index is 574. The van der Waals surface area contributed by atoms with E-state index in [-0.39, 0.29) is 6.04 Å². The number of halogens is 2. The Hall–Kier alpha value is -1.94. The molecule has 1 atom stereocenters. The number of rotatable bonds is 5. The van der Waals surface area contributed by atoms with Crippen LogP contribution in [0.5, 0.6) is 0 Å². The van der Waals surface area contributed by atoms with Crippen LogP contribution in [0.25, 0.3) is 0 Å². The molecule has 0 aliphatic rings. The third-order valence-electron chi connectivity index (χ3n) is 3.22. The molecule has 0 aromatic heterocycles. The number of benzene rings is 2. The van der Waals surface area contributed by atoms with Gasteiger partial charge in [-0.25, -0.2) is 8.78 Å². The van der Waals surface area contributed by atoms with E-state index < -0.39 is 11.6 Å². The Balaban J connectivity index is 2.06. The quantitative estimate of drug-likeness (QED) is 0.888. The predicted molar refractivity (Wildman–Crippen MR) is 82.2 cm³/mol. The second kappa shape index (κ2) is 6.68. The third kappa shape index (κ3) is 4.53. The van der Waals surface area contributed by atoms with E-state index in [0.717, 1.165) is 18.3 Å². The molecule has 1 unspecified atom stereocenters. The molecule has 0 bridgehead atoms. The predicted octanol–water partition coefficient (Wildman–Crippen LogP) is 4.20. The second-order valence-electron chi connectivity index (χ2n) is 5.50. The highest BCUT2D eigenvalue weighted by Crippen LogP contribution is 2.21. The lowest BCUT2D eigenvalue weighted by atomic mass is 10.1. The monoisotopic (exact) mass is 290 g/mol. The summed E-state index contributed by atoms with van der Waals surface area (Å²) in [4.78, 5) is 2.10. The number of nitrogens with zero attached hydrogens (tertiary/aromatic N) is 1. The summed E-state index contributed by atoms with van der Waals surface area (Å²) in [5, 5.41) is 3.25. The van der Waals surface area contributed by atoms with Crippen molar-refractivity contribution in [1.82, 2.24) is 4.90 Å². The van der Waals surface area contributed by atoms with Gasteiger partial charge in [-0.2, -0.15) is 0 Å². The van der Waals surface area contributed by atoms with Gasteiger partial charge < -0.3 is 10.2 Å². The molecule has 2 nitrogen and oxygen atoms in total. The van der Waals surface area contributed by atoms with Crippen molar-refractivity contribution in [2.45, 2.75) is 19.5 Å². The van der Waals surface area contributed by atoms with Crippen LogP contribution < -0.4 is 5.32 Å². The van der Waals surface area contributed by atoms with E-state index in [9.17, 15) is 8.78 Å². The fourth-order valence-electron chi connectivity index (χ4n) is 2.23. The van der Waals surface area contributed by atoms with Gasteiger partial charge in [0, 0.05) is 24.3 Å². The minimum atomic E-state index is -0.556. The molecule has 112 valence electrons. The minimum absolute atomic E-state index is 0.171. The summed E-state index contributed by atoms with van der Waals surface area (Å²) in [6.45, 7) is 2.76. The van der Waals surface area contributed by atoms with Crippen molar-refractivity contribution in [1.29, 1.82) is 0 Å². The van der Waals surface area contributed by atoms with Gasteiger partial charge in [0.05, 0.1) is 0 Å². The molecular weight excluding hydrogens is 270 g/mol. The van der Waals surface area contributed by atoms with Gasteiger partial charge in [-0.3, -0.25) is 0 Å². The molecule has 2 rings (SSSR count). The highest BCUT2D eigenvalue weighted by atomic mass is 19.1. The van der Waals surface area contributed by atoms with Crippen molar-refractivity contribution in [3.05, 3.63) is 65.2 Å². The average molecular weight is 290 g/mol. The zero-order chi connectivity index (χ0) is 15.4. The zero-order valence-corrected chi connectivity index (χ0v) is 12.5. The molecule has 2 aromatic rings. The summed E-state index contributed by atoms with van der Waals surface area (Å²) in [6, 6.07) is 11.4. The molecule has 0 fully saturated rings. The zero-order valence-electron chi connectivity index (χ0n) is 12.5. The summed E-state index contributed by atoms with van der Waals surface area (Å²) in [6.07, 6.45) is 0. The second-order valence-corrected chi connectivity index (χ2v) is 5.50. The maximum atomic E-state index is 13.2. The summed E-state index contributed by atoms with van der Waals surface area (Å²) in [7, 11) is 4.04. The average Bonchev–Trinajstić information content (AvgIpc) is 2.39. The first-order valence-electron chi connectivity index (χ1n) is 6.90. The molecule has 2 aromatic carbocycles. The van der Waals surface area contributed by atoms with E-state index in [0.29, 0.717) is 5.56 Å².